The fourth-order valence-electron chi connectivity index (χ4n) is 2.85. The lowest BCUT2D eigenvalue weighted by atomic mass is 9.94. The summed E-state index contributed by atoms with van der Waals surface area (Å²) in [6, 6.07) is 13.6. The fraction of sp³-hybridized carbons (Fsp3) is 0.150. The van der Waals surface area contributed by atoms with Crippen molar-refractivity contribution in [3.05, 3.63) is 87.9 Å². The number of aliphatic hydroxyl groups is 1. The number of halogens is 4. The van der Waals surface area contributed by atoms with E-state index in [1.54, 1.807) is 25.4 Å². The molecule has 0 saturated heterocycles. The zero-order chi connectivity index (χ0) is 18.7. The maximum Gasteiger partial charge on any atom is 0.142 e. The predicted molar refractivity (Wildman–Crippen MR) is 110 cm³/mol. The Balaban J connectivity index is 0.00000261. The molecular formula is C20H18Cl3FN2O. The van der Waals surface area contributed by atoms with Crippen LogP contribution >= 0.6 is 35.6 Å². The summed E-state index contributed by atoms with van der Waals surface area (Å²) >= 11 is 12.1. The minimum Gasteiger partial charge on any atom is -0.386 e. The highest BCUT2D eigenvalue weighted by molar-refractivity contribution is 6.42. The Hall–Kier alpha value is -1.69. The SMILES string of the molecule is CNC(c1ccc(Cl)c(Cl)c1)C(O)c1ccc(-c2cncc(F)c2)cc1.Cl. The average molecular weight is 428 g/mol. The Morgan fingerprint density at radius 2 is 1.59 bits per heavy atom. The molecule has 0 aliphatic heterocycles. The number of aromatic nitrogens is 1. The number of hydrogen-bond donors (Lipinski definition) is 2. The Morgan fingerprint density at radius 3 is 2.19 bits per heavy atom. The van der Waals surface area contributed by atoms with Crippen molar-refractivity contribution in [1.82, 2.24) is 10.3 Å². The molecule has 0 aliphatic carbocycles. The van der Waals surface area contributed by atoms with E-state index in [1.165, 1.54) is 6.07 Å². The van der Waals surface area contributed by atoms with Gasteiger partial charge in [-0.15, -0.1) is 12.4 Å². The Morgan fingerprint density at radius 1 is 0.926 bits per heavy atom. The Bertz CT molecular complexity index is 906. The van der Waals surface area contributed by atoms with Gasteiger partial charge in [0.1, 0.15) is 5.82 Å². The number of pyridine rings is 1. The molecule has 2 atom stereocenters. The van der Waals surface area contributed by atoms with Crippen LogP contribution in [0.4, 0.5) is 4.39 Å². The van der Waals surface area contributed by atoms with Crippen LogP contribution in [0.1, 0.15) is 23.3 Å². The van der Waals surface area contributed by atoms with E-state index < -0.39 is 6.10 Å². The first kappa shape index (κ1) is 21.6. The maximum atomic E-state index is 13.3. The van der Waals surface area contributed by atoms with Gasteiger partial charge in [-0.25, -0.2) is 4.39 Å². The van der Waals surface area contributed by atoms with Crippen molar-refractivity contribution in [2.45, 2.75) is 12.1 Å². The second kappa shape index (κ2) is 9.49. The van der Waals surface area contributed by atoms with Gasteiger partial charge in [-0.3, -0.25) is 4.98 Å². The van der Waals surface area contributed by atoms with E-state index in [0.717, 1.165) is 22.9 Å². The summed E-state index contributed by atoms with van der Waals surface area (Å²) in [5.74, 6) is -0.388. The van der Waals surface area contributed by atoms with Crippen molar-refractivity contribution in [2.75, 3.05) is 7.05 Å². The molecule has 0 saturated carbocycles. The van der Waals surface area contributed by atoms with E-state index in [1.807, 2.05) is 30.3 Å². The van der Waals surface area contributed by atoms with Crippen LogP contribution in [0, 0.1) is 5.82 Å². The van der Waals surface area contributed by atoms with Gasteiger partial charge in [0.15, 0.2) is 0 Å². The highest BCUT2D eigenvalue weighted by Crippen LogP contribution is 2.33. The lowest BCUT2D eigenvalue weighted by Gasteiger charge is -2.24. The third-order valence-corrected chi connectivity index (χ3v) is 4.96. The van der Waals surface area contributed by atoms with Crippen LogP contribution < -0.4 is 5.32 Å². The number of nitrogens with one attached hydrogen (secondary N) is 1. The molecule has 2 aromatic carbocycles. The third-order valence-electron chi connectivity index (χ3n) is 4.22. The van der Waals surface area contributed by atoms with Crippen LogP contribution in [-0.4, -0.2) is 17.1 Å². The van der Waals surface area contributed by atoms with Crippen molar-refractivity contribution < 1.29 is 9.50 Å². The minimum absolute atomic E-state index is 0. The second-order valence-electron chi connectivity index (χ2n) is 5.90. The number of hydrogen-bond acceptors (Lipinski definition) is 3. The van der Waals surface area contributed by atoms with Crippen LogP contribution in [0.2, 0.25) is 10.0 Å². The van der Waals surface area contributed by atoms with Gasteiger partial charge in [-0.1, -0.05) is 53.5 Å². The fourth-order valence-corrected chi connectivity index (χ4v) is 3.15. The van der Waals surface area contributed by atoms with Crippen molar-refractivity contribution in [3.8, 4) is 11.1 Å². The van der Waals surface area contributed by atoms with Gasteiger partial charge in [-0.2, -0.15) is 0 Å². The van der Waals surface area contributed by atoms with Gasteiger partial charge in [0.05, 0.1) is 28.4 Å². The lowest BCUT2D eigenvalue weighted by Crippen LogP contribution is -2.23. The summed E-state index contributed by atoms with van der Waals surface area (Å²) in [7, 11) is 1.77. The first-order valence-electron chi connectivity index (χ1n) is 8.01. The van der Waals surface area contributed by atoms with E-state index in [4.69, 9.17) is 23.2 Å². The van der Waals surface area contributed by atoms with E-state index in [2.05, 4.69) is 10.3 Å². The molecule has 3 rings (SSSR count). The van der Waals surface area contributed by atoms with Crippen LogP contribution in [0.25, 0.3) is 11.1 Å². The van der Waals surface area contributed by atoms with E-state index >= 15 is 0 Å². The zero-order valence-electron chi connectivity index (χ0n) is 14.4. The summed E-state index contributed by atoms with van der Waals surface area (Å²) in [5, 5.41) is 14.8. The van der Waals surface area contributed by atoms with Crippen LogP contribution in [0.15, 0.2) is 60.9 Å². The molecule has 1 heterocycles. The van der Waals surface area contributed by atoms with E-state index in [-0.39, 0.29) is 24.3 Å². The summed E-state index contributed by atoms with van der Waals surface area (Å²) in [5.41, 5.74) is 3.06. The molecule has 3 aromatic rings. The minimum atomic E-state index is -0.795. The highest BCUT2D eigenvalue weighted by atomic mass is 35.5. The molecule has 2 N–H and O–H groups in total. The number of benzene rings is 2. The molecule has 0 bridgehead atoms. The summed E-state index contributed by atoms with van der Waals surface area (Å²) in [6.45, 7) is 0. The van der Waals surface area contributed by atoms with E-state index in [0.29, 0.717) is 15.6 Å². The number of aliphatic hydroxyl groups excluding tert-OH is 1. The quantitative estimate of drug-likeness (QED) is 0.556. The Labute approximate surface area is 173 Å². The standard InChI is InChI=1S/C20H17Cl2FN2O.ClH/c1-24-19(14-6-7-17(21)18(22)9-14)20(26)13-4-2-12(3-5-13)15-8-16(23)11-25-10-15;/h2-11,19-20,24,26H,1H3;1H. The summed E-state index contributed by atoms with van der Waals surface area (Å²) < 4.78 is 13.3. The molecule has 142 valence electrons. The average Bonchev–Trinajstić information content (AvgIpc) is 2.65. The van der Waals surface area contributed by atoms with Gasteiger partial charge in [0, 0.05) is 11.8 Å². The summed E-state index contributed by atoms with van der Waals surface area (Å²) in [4.78, 5) is 3.86. The molecule has 0 radical (unpaired) electrons. The molecule has 0 spiro atoms. The van der Waals surface area contributed by atoms with Gasteiger partial charge in [0.25, 0.3) is 0 Å². The maximum absolute atomic E-state index is 13.3. The van der Waals surface area contributed by atoms with Crippen molar-refractivity contribution in [3.63, 3.8) is 0 Å². The van der Waals surface area contributed by atoms with Crippen molar-refractivity contribution in [2.24, 2.45) is 0 Å². The van der Waals surface area contributed by atoms with E-state index in [9.17, 15) is 9.50 Å². The molecule has 3 nitrogen and oxygen atoms in total. The topological polar surface area (TPSA) is 45.1 Å². The van der Waals surface area contributed by atoms with Gasteiger partial charge in [-0.05, 0) is 41.9 Å². The predicted octanol–water partition coefficient (Wildman–Crippen LogP) is 5.61. The van der Waals surface area contributed by atoms with Crippen LogP contribution in [0.3, 0.4) is 0 Å². The molecule has 0 fully saturated rings. The zero-order valence-corrected chi connectivity index (χ0v) is 16.7. The third kappa shape index (κ3) is 4.98. The smallest absolute Gasteiger partial charge is 0.142 e. The van der Waals surface area contributed by atoms with Crippen LogP contribution in [0.5, 0.6) is 0 Å². The lowest BCUT2D eigenvalue weighted by molar-refractivity contribution is 0.133. The number of likely N-dealkylation sites (N-methyl/N-ethyl adjacent to an activating group) is 1. The highest BCUT2D eigenvalue weighted by Gasteiger charge is 2.22. The van der Waals surface area contributed by atoms with Crippen molar-refractivity contribution >= 4 is 35.6 Å². The Kier molecular flexibility index (Phi) is 7.59. The number of rotatable bonds is 5. The molecule has 27 heavy (non-hydrogen) atoms. The van der Waals surface area contributed by atoms with Crippen molar-refractivity contribution in [1.29, 1.82) is 0 Å². The normalized spacial score (nSPS) is 12.9. The second-order valence-corrected chi connectivity index (χ2v) is 6.71. The first-order valence-corrected chi connectivity index (χ1v) is 8.76. The summed E-state index contributed by atoms with van der Waals surface area (Å²) in [6.07, 6.45) is 1.97. The number of nitrogens with zero attached hydrogens (tertiary/aromatic N) is 1. The largest absolute Gasteiger partial charge is 0.386 e. The molecule has 7 heteroatoms. The van der Waals surface area contributed by atoms with Gasteiger partial charge in [0.2, 0.25) is 0 Å². The van der Waals surface area contributed by atoms with Gasteiger partial charge >= 0.3 is 0 Å². The first-order chi connectivity index (χ1) is 12.5. The molecule has 1 aromatic heterocycles. The van der Waals surface area contributed by atoms with Crippen LogP contribution in [-0.2, 0) is 0 Å². The van der Waals surface area contributed by atoms with Gasteiger partial charge < -0.3 is 10.4 Å². The molecular weight excluding hydrogens is 410 g/mol. The molecule has 0 amide bonds. The molecule has 2 unspecified atom stereocenters. The molecule has 0 aliphatic rings. The monoisotopic (exact) mass is 426 g/mol.